The van der Waals surface area contributed by atoms with Gasteiger partial charge in [0.2, 0.25) is 0 Å². The first-order valence-electron chi connectivity index (χ1n) is 7.05. The Morgan fingerprint density at radius 1 is 1.26 bits per heavy atom. The number of nitrogens with zero attached hydrogens (tertiary/aromatic N) is 3. The van der Waals surface area contributed by atoms with Gasteiger partial charge < -0.3 is 19.9 Å². The summed E-state index contributed by atoms with van der Waals surface area (Å²) in [5.41, 5.74) is 1.12. The molecule has 19 heavy (non-hydrogen) atoms. The van der Waals surface area contributed by atoms with E-state index in [-0.39, 0.29) is 0 Å². The first-order valence-corrected chi connectivity index (χ1v) is 7.05. The van der Waals surface area contributed by atoms with Crippen LogP contribution >= 0.6 is 0 Å². The van der Waals surface area contributed by atoms with Crippen molar-refractivity contribution < 1.29 is 4.74 Å². The molecule has 2 fully saturated rings. The van der Waals surface area contributed by atoms with Crippen molar-refractivity contribution in [3.8, 4) is 0 Å². The van der Waals surface area contributed by atoms with Gasteiger partial charge in [0.1, 0.15) is 5.82 Å². The number of rotatable bonds is 3. The zero-order valence-electron chi connectivity index (χ0n) is 11.5. The Bertz CT molecular complexity index is 402. The number of ether oxygens (including phenoxy) is 1. The van der Waals surface area contributed by atoms with Crippen molar-refractivity contribution in [1.29, 1.82) is 0 Å². The molecule has 0 saturated carbocycles. The highest BCUT2D eigenvalue weighted by Gasteiger charge is 2.19. The van der Waals surface area contributed by atoms with Gasteiger partial charge in [-0.25, -0.2) is 4.98 Å². The van der Waals surface area contributed by atoms with E-state index in [4.69, 9.17) is 4.74 Å². The molecule has 0 spiro atoms. The Morgan fingerprint density at radius 2 is 2.11 bits per heavy atom. The van der Waals surface area contributed by atoms with Crippen LogP contribution in [0, 0.1) is 0 Å². The highest BCUT2D eigenvalue weighted by Crippen LogP contribution is 2.18. The van der Waals surface area contributed by atoms with Crippen LogP contribution in [0.3, 0.4) is 0 Å². The quantitative estimate of drug-likeness (QED) is 0.881. The molecule has 0 amide bonds. The third-order valence-electron chi connectivity index (χ3n) is 3.85. The maximum Gasteiger partial charge on any atom is 0.128 e. The molecule has 2 saturated heterocycles. The predicted octanol–water partition coefficient (Wildman–Crippen LogP) is 1.03. The summed E-state index contributed by atoms with van der Waals surface area (Å²) in [6.07, 6.45) is 3.16. The monoisotopic (exact) mass is 262 g/mol. The third-order valence-corrected chi connectivity index (χ3v) is 3.85. The fourth-order valence-corrected chi connectivity index (χ4v) is 2.74. The highest BCUT2D eigenvalue weighted by atomic mass is 16.5. The number of hydrogen-bond acceptors (Lipinski definition) is 5. The molecule has 3 rings (SSSR count). The molecular weight excluding hydrogens is 240 g/mol. The molecule has 3 heterocycles. The summed E-state index contributed by atoms with van der Waals surface area (Å²) in [4.78, 5) is 9.19. The second-order valence-electron chi connectivity index (χ2n) is 5.40. The molecule has 2 aliphatic rings. The van der Waals surface area contributed by atoms with Crippen molar-refractivity contribution in [1.82, 2.24) is 9.88 Å². The van der Waals surface area contributed by atoms with Gasteiger partial charge in [-0.2, -0.15) is 0 Å². The van der Waals surface area contributed by atoms with Crippen LogP contribution in [0.15, 0.2) is 18.3 Å². The number of likely N-dealkylation sites (N-methyl/N-ethyl adjacent to an activating group) is 1. The Kier molecular flexibility index (Phi) is 3.84. The van der Waals surface area contributed by atoms with E-state index < -0.39 is 0 Å². The number of pyridine rings is 1. The van der Waals surface area contributed by atoms with E-state index in [1.165, 1.54) is 13.0 Å². The molecule has 1 aromatic heterocycles. The lowest BCUT2D eigenvalue weighted by Crippen LogP contribution is -2.36. The minimum atomic E-state index is 0.557. The molecule has 1 N–H and O–H groups in total. The Balaban J connectivity index is 1.59. The van der Waals surface area contributed by atoms with Crippen molar-refractivity contribution in [3.63, 3.8) is 0 Å². The molecule has 0 bridgehead atoms. The van der Waals surface area contributed by atoms with Crippen LogP contribution in [0.4, 0.5) is 11.5 Å². The van der Waals surface area contributed by atoms with Crippen LogP contribution in [0.5, 0.6) is 0 Å². The van der Waals surface area contributed by atoms with Crippen LogP contribution in [-0.4, -0.2) is 62.4 Å². The third kappa shape index (κ3) is 3.16. The van der Waals surface area contributed by atoms with Crippen LogP contribution < -0.4 is 10.2 Å². The van der Waals surface area contributed by atoms with E-state index in [9.17, 15) is 0 Å². The lowest BCUT2D eigenvalue weighted by atomic mass is 10.2. The van der Waals surface area contributed by atoms with Gasteiger partial charge in [-0.15, -0.1) is 0 Å². The molecule has 1 atom stereocenters. The maximum absolute atomic E-state index is 5.36. The summed E-state index contributed by atoms with van der Waals surface area (Å²) in [5.74, 6) is 1.05. The molecule has 5 heteroatoms. The lowest BCUT2D eigenvalue weighted by molar-refractivity contribution is 0.122. The molecule has 2 aliphatic heterocycles. The van der Waals surface area contributed by atoms with E-state index in [1.807, 2.05) is 6.20 Å². The van der Waals surface area contributed by atoms with Crippen molar-refractivity contribution in [2.75, 3.05) is 56.7 Å². The second kappa shape index (κ2) is 5.75. The van der Waals surface area contributed by atoms with Crippen LogP contribution in [0.25, 0.3) is 0 Å². The van der Waals surface area contributed by atoms with Crippen LogP contribution in [-0.2, 0) is 4.74 Å². The molecule has 104 valence electrons. The number of aromatic nitrogens is 1. The Morgan fingerprint density at radius 3 is 2.74 bits per heavy atom. The molecular formula is C14H22N4O. The summed E-state index contributed by atoms with van der Waals surface area (Å²) < 4.78 is 5.36. The first kappa shape index (κ1) is 12.7. The van der Waals surface area contributed by atoms with E-state index in [0.29, 0.717) is 6.04 Å². The number of likely N-dealkylation sites (tertiary alicyclic amines) is 1. The maximum atomic E-state index is 5.36. The summed E-state index contributed by atoms with van der Waals surface area (Å²) >= 11 is 0. The lowest BCUT2D eigenvalue weighted by Gasteiger charge is -2.27. The number of hydrogen-bond donors (Lipinski definition) is 1. The largest absolute Gasteiger partial charge is 0.380 e. The van der Waals surface area contributed by atoms with E-state index in [1.54, 1.807) is 0 Å². The zero-order chi connectivity index (χ0) is 13.1. The predicted molar refractivity (Wildman–Crippen MR) is 76.8 cm³/mol. The van der Waals surface area contributed by atoms with Gasteiger partial charge in [-0.3, -0.25) is 0 Å². The van der Waals surface area contributed by atoms with Gasteiger partial charge in [0, 0.05) is 25.7 Å². The smallest absolute Gasteiger partial charge is 0.128 e. The Labute approximate surface area is 114 Å². The van der Waals surface area contributed by atoms with Crippen molar-refractivity contribution >= 4 is 11.5 Å². The van der Waals surface area contributed by atoms with Gasteiger partial charge in [-0.05, 0) is 32.1 Å². The summed E-state index contributed by atoms with van der Waals surface area (Å²) in [5, 5.41) is 3.55. The van der Waals surface area contributed by atoms with E-state index >= 15 is 0 Å². The van der Waals surface area contributed by atoms with Crippen LogP contribution in [0.1, 0.15) is 6.42 Å². The Hall–Kier alpha value is -1.33. The topological polar surface area (TPSA) is 40.6 Å². The molecule has 1 unspecified atom stereocenters. The second-order valence-corrected chi connectivity index (χ2v) is 5.40. The van der Waals surface area contributed by atoms with Crippen molar-refractivity contribution in [2.45, 2.75) is 12.5 Å². The molecule has 0 aromatic carbocycles. The normalized spacial score (nSPS) is 24.7. The summed E-state index contributed by atoms with van der Waals surface area (Å²) in [7, 11) is 2.17. The van der Waals surface area contributed by atoms with Gasteiger partial charge in [0.15, 0.2) is 0 Å². The fourth-order valence-electron chi connectivity index (χ4n) is 2.74. The van der Waals surface area contributed by atoms with Crippen LogP contribution in [0.2, 0.25) is 0 Å². The summed E-state index contributed by atoms with van der Waals surface area (Å²) in [6.45, 7) is 5.77. The average Bonchev–Trinajstić information content (AvgIpc) is 2.86. The number of nitrogens with one attached hydrogen (secondary N) is 1. The van der Waals surface area contributed by atoms with Gasteiger partial charge >= 0.3 is 0 Å². The van der Waals surface area contributed by atoms with Gasteiger partial charge in [-0.1, -0.05) is 0 Å². The molecule has 5 nitrogen and oxygen atoms in total. The van der Waals surface area contributed by atoms with Gasteiger partial charge in [0.05, 0.1) is 25.1 Å². The fraction of sp³-hybridized carbons (Fsp3) is 0.643. The summed E-state index contributed by atoms with van der Waals surface area (Å²) in [6, 6.07) is 4.80. The van der Waals surface area contributed by atoms with Crippen molar-refractivity contribution in [2.24, 2.45) is 0 Å². The number of morpholine rings is 1. The average molecular weight is 262 g/mol. The van der Waals surface area contributed by atoms with E-state index in [2.05, 4.69) is 39.3 Å². The van der Waals surface area contributed by atoms with E-state index in [0.717, 1.165) is 44.4 Å². The van der Waals surface area contributed by atoms with Gasteiger partial charge in [0.25, 0.3) is 0 Å². The molecule has 0 aliphatic carbocycles. The highest BCUT2D eigenvalue weighted by molar-refractivity contribution is 5.49. The standard InChI is InChI=1S/C14H22N4O/c1-17-5-4-13(11-17)16-12-2-3-14(15-10-12)18-6-8-19-9-7-18/h2-3,10,13,16H,4-9,11H2,1H3. The molecule has 0 radical (unpaired) electrons. The first-order chi connectivity index (χ1) is 9.31. The zero-order valence-corrected chi connectivity index (χ0v) is 11.5. The van der Waals surface area contributed by atoms with Crippen molar-refractivity contribution in [3.05, 3.63) is 18.3 Å². The minimum absolute atomic E-state index is 0.557. The number of anilines is 2. The minimum Gasteiger partial charge on any atom is -0.380 e. The SMILES string of the molecule is CN1CCC(Nc2ccc(N3CCOCC3)nc2)C1. The molecule has 1 aromatic rings.